The first-order valence-corrected chi connectivity index (χ1v) is 15.2. The standard InChI is InChI=1S/C34H42Cl2N2O2/c1-25(2)40-31-11-7-10-28(20-31)21-34(39)37(3)24-30(29-14-15-32(35)33(36)22-29)13-12-26-16-18-38(19-17-26)23-27-8-5-4-6-9-27/h4-11,14-15,20,22,25-26,30H,12-13,16-19,21,23-24H2,1-3H3. The normalized spacial score (nSPS) is 15.2. The molecule has 0 saturated carbocycles. The monoisotopic (exact) mass is 580 g/mol. The Hall–Kier alpha value is -2.53. The summed E-state index contributed by atoms with van der Waals surface area (Å²) in [5, 5.41) is 1.12. The highest BCUT2D eigenvalue weighted by Gasteiger charge is 2.23. The van der Waals surface area contributed by atoms with Gasteiger partial charge < -0.3 is 9.64 Å². The molecule has 0 radical (unpaired) electrons. The largest absolute Gasteiger partial charge is 0.491 e. The predicted octanol–water partition coefficient (Wildman–Crippen LogP) is 8.26. The summed E-state index contributed by atoms with van der Waals surface area (Å²) in [6.07, 6.45) is 5.02. The molecule has 214 valence electrons. The number of piperidine rings is 1. The quantitative estimate of drug-likeness (QED) is 0.216. The molecule has 0 spiro atoms. The minimum atomic E-state index is 0.0942. The van der Waals surface area contributed by atoms with E-state index in [1.54, 1.807) is 0 Å². The molecule has 1 unspecified atom stereocenters. The van der Waals surface area contributed by atoms with Gasteiger partial charge >= 0.3 is 0 Å². The molecule has 40 heavy (non-hydrogen) atoms. The van der Waals surface area contributed by atoms with Crippen molar-refractivity contribution in [3.8, 4) is 5.75 Å². The molecule has 1 heterocycles. The summed E-state index contributed by atoms with van der Waals surface area (Å²) < 4.78 is 5.81. The number of carbonyl (C=O) groups excluding carboxylic acids is 1. The molecule has 4 nitrogen and oxygen atoms in total. The van der Waals surface area contributed by atoms with Crippen LogP contribution in [0.25, 0.3) is 0 Å². The molecule has 1 aliphatic rings. The van der Waals surface area contributed by atoms with Crippen LogP contribution >= 0.6 is 23.2 Å². The average Bonchev–Trinajstić information content (AvgIpc) is 2.93. The third-order valence-electron chi connectivity index (χ3n) is 7.84. The molecule has 1 fully saturated rings. The van der Waals surface area contributed by atoms with Crippen molar-refractivity contribution < 1.29 is 9.53 Å². The van der Waals surface area contributed by atoms with Crippen LogP contribution in [0.1, 0.15) is 62.1 Å². The summed E-state index contributed by atoms with van der Waals surface area (Å²) in [5.41, 5.74) is 3.48. The smallest absolute Gasteiger partial charge is 0.226 e. The van der Waals surface area contributed by atoms with Gasteiger partial charge in [-0.25, -0.2) is 0 Å². The zero-order valence-electron chi connectivity index (χ0n) is 24.0. The summed E-state index contributed by atoms with van der Waals surface area (Å²) in [6, 6.07) is 24.5. The van der Waals surface area contributed by atoms with Crippen molar-refractivity contribution in [1.29, 1.82) is 0 Å². The van der Waals surface area contributed by atoms with Gasteiger partial charge in [-0.2, -0.15) is 0 Å². The van der Waals surface area contributed by atoms with Gasteiger partial charge in [-0.3, -0.25) is 9.69 Å². The summed E-state index contributed by atoms with van der Waals surface area (Å²) in [7, 11) is 1.91. The highest BCUT2D eigenvalue weighted by molar-refractivity contribution is 6.42. The first kappa shape index (κ1) is 30.4. The van der Waals surface area contributed by atoms with Crippen LogP contribution in [0.3, 0.4) is 0 Å². The lowest BCUT2D eigenvalue weighted by atomic mass is 9.85. The molecule has 0 N–H and O–H groups in total. The molecule has 0 aromatic heterocycles. The van der Waals surface area contributed by atoms with Gasteiger partial charge in [-0.15, -0.1) is 0 Å². The molecule has 0 aliphatic carbocycles. The number of carbonyl (C=O) groups is 1. The van der Waals surface area contributed by atoms with Gasteiger partial charge in [-0.05, 0) is 99.5 Å². The Morgan fingerprint density at radius 1 is 0.950 bits per heavy atom. The van der Waals surface area contributed by atoms with E-state index in [0.717, 1.165) is 49.4 Å². The first-order valence-electron chi connectivity index (χ1n) is 14.5. The lowest BCUT2D eigenvalue weighted by Crippen LogP contribution is -2.34. The Bertz CT molecular complexity index is 1230. The van der Waals surface area contributed by atoms with E-state index in [9.17, 15) is 4.79 Å². The highest BCUT2D eigenvalue weighted by Crippen LogP contribution is 2.32. The Morgan fingerprint density at radius 3 is 2.38 bits per heavy atom. The van der Waals surface area contributed by atoms with Crippen molar-refractivity contribution in [1.82, 2.24) is 9.80 Å². The van der Waals surface area contributed by atoms with Crippen LogP contribution in [0.5, 0.6) is 5.75 Å². The molecular weight excluding hydrogens is 539 g/mol. The number of ether oxygens (including phenoxy) is 1. The second kappa shape index (κ2) is 14.9. The number of rotatable bonds is 12. The van der Waals surface area contributed by atoms with Crippen molar-refractivity contribution >= 4 is 29.1 Å². The number of hydrogen-bond donors (Lipinski definition) is 0. The maximum Gasteiger partial charge on any atom is 0.226 e. The van der Waals surface area contributed by atoms with Crippen LogP contribution in [0.4, 0.5) is 0 Å². The van der Waals surface area contributed by atoms with Crippen molar-refractivity contribution in [3.05, 3.63) is 99.5 Å². The van der Waals surface area contributed by atoms with Crippen molar-refractivity contribution in [3.63, 3.8) is 0 Å². The molecule has 3 aromatic rings. The number of benzene rings is 3. The summed E-state index contributed by atoms with van der Waals surface area (Å²) in [5.74, 6) is 1.79. The topological polar surface area (TPSA) is 32.8 Å². The molecule has 1 atom stereocenters. The number of likely N-dealkylation sites (N-methyl/N-ethyl adjacent to an activating group) is 1. The molecule has 6 heteroatoms. The van der Waals surface area contributed by atoms with Crippen molar-refractivity contribution in [2.45, 2.75) is 64.5 Å². The maximum absolute atomic E-state index is 13.3. The zero-order chi connectivity index (χ0) is 28.5. The molecule has 1 aliphatic heterocycles. The fourth-order valence-electron chi connectivity index (χ4n) is 5.58. The van der Waals surface area contributed by atoms with E-state index in [0.29, 0.717) is 28.9 Å². The van der Waals surface area contributed by atoms with Crippen LogP contribution in [0.15, 0.2) is 72.8 Å². The van der Waals surface area contributed by atoms with Crippen LogP contribution in [-0.2, 0) is 17.8 Å². The fraction of sp³-hybridized carbons (Fsp3) is 0.441. The second-order valence-corrected chi connectivity index (χ2v) is 12.2. The van der Waals surface area contributed by atoms with Crippen molar-refractivity contribution in [2.75, 3.05) is 26.7 Å². The third kappa shape index (κ3) is 9.26. The lowest BCUT2D eigenvalue weighted by Gasteiger charge is -2.33. The van der Waals surface area contributed by atoms with Gasteiger partial charge in [0.15, 0.2) is 0 Å². The fourth-order valence-corrected chi connectivity index (χ4v) is 5.89. The predicted molar refractivity (Wildman–Crippen MR) is 166 cm³/mol. The van der Waals surface area contributed by atoms with Gasteiger partial charge in [0, 0.05) is 26.1 Å². The van der Waals surface area contributed by atoms with Crippen LogP contribution in [0.2, 0.25) is 10.0 Å². The van der Waals surface area contributed by atoms with E-state index in [-0.39, 0.29) is 17.9 Å². The molecule has 0 bridgehead atoms. The molecule has 1 saturated heterocycles. The number of nitrogens with zero attached hydrogens (tertiary/aromatic N) is 2. The Labute approximate surface area is 250 Å². The maximum atomic E-state index is 13.3. The van der Waals surface area contributed by atoms with Gasteiger partial charge in [0.25, 0.3) is 0 Å². The van der Waals surface area contributed by atoms with E-state index in [1.165, 1.54) is 18.4 Å². The SMILES string of the molecule is CC(C)Oc1cccc(CC(=O)N(C)CC(CCC2CCN(Cc3ccccc3)CC2)c2ccc(Cl)c(Cl)c2)c1. The number of likely N-dealkylation sites (tertiary alicyclic amines) is 1. The second-order valence-electron chi connectivity index (χ2n) is 11.4. The average molecular weight is 582 g/mol. The van der Waals surface area contributed by atoms with E-state index >= 15 is 0 Å². The van der Waals surface area contributed by atoms with E-state index < -0.39 is 0 Å². The van der Waals surface area contributed by atoms with Gasteiger partial charge in [-0.1, -0.05) is 71.7 Å². The van der Waals surface area contributed by atoms with Crippen LogP contribution in [-0.4, -0.2) is 48.5 Å². The molecule has 3 aromatic carbocycles. The molecule has 1 amide bonds. The number of hydrogen-bond acceptors (Lipinski definition) is 3. The summed E-state index contributed by atoms with van der Waals surface area (Å²) >= 11 is 12.7. The van der Waals surface area contributed by atoms with E-state index in [4.69, 9.17) is 27.9 Å². The van der Waals surface area contributed by atoms with Gasteiger partial charge in [0.05, 0.1) is 22.6 Å². The Kier molecular flexibility index (Phi) is 11.3. The van der Waals surface area contributed by atoms with Crippen LogP contribution < -0.4 is 4.74 Å². The molecular formula is C34H42Cl2N2O2. The third-order valence-corrected chi connectivity index (χ3v) is 8.58. The zero-order valence-corrected chi connectivity index (χ0v) is 25.5. The minimum Gasteiger partial charge on any atom is -0.491 e. The molecule has 4 rings (SSSR count). The van der Waals surface area contributed by atoms with Gasteiger partial charge in [0.1, 0.15) is 5.75 Å². The van der Waals surface area contributed by atoms with E-state index in [1.807, 2.05) is 62.2 Å². The van der Waals surface area contributed by atoms with Gasteiger partial charge in [0.2, 0.25) is 5.91 Å². The first-order chi connectivity index (χ1) is 19.3. The highest BCUT2D eigenvalue weighted by atomic mass is 35.5. The lowest BCUT2D eigenvalue weighted by molar-refractivity contribution is -0.129. The Morgan fingerprint density at radius 2 is 1.68 bits per heavy atom. The summed E-state index contributed by atoms with van der Waals surface area (Å²) in [6.45, 7) is 7.94. The van der Waals surface area contributed by atoms with Crippen molar-refractivity contribution in [2.24, 2.45) is 5.92 Å². The van der Waals surface area contributed by atoms with E-state index in [2.05, 4.69) is 41.3 Å². The Balaban J connectivity index is 1.35. The minimum absolute atomic E-state index is 0.0942. The number of halogens is 2. The van der Waals surface area contributed by atoms with Crippen LogP contribution in [0, 0.1) is 5.92 Å². The summed E-state index contributed by atoms with van der Waals surface area (Å²) in [4.78, 5) is 17.7. The number of amides is 1.